The second-order valence-corrected chi connectivity index (χ2v) is 12.8. The predicted octanol–water partition coefficient (Wildman–Crippen LogP) is 5.14. The highest BCUT2D eigenvalue weighted by molar-refractivity contribution is 7.92. The highest BCUT2D eigenvalue weighted by Gasteiger charge is 2.33. The smallest absolute Gasteiger partial charge is 0.244 e. The van der Waals surface area contributed by atoms with Crippen molar-refractivity contribution in [1.29, 1.82) is 0 Å². The van der Waals surface area contributed by atoms with Crippen LogP contribution in [0.15, 0.2) is 72.8 Å². The molecule has 40 heavy (non-hydrogen) atoms. The molecule has 0 radical (unpaired) electrons. The molecule has 0 heterocycles. The Morgan fingerprint density at radius 2 is 1.57 bits per heavy atom. The van der Waals surface area contributed by atoms with Crippen molar-refractivity contribution in [1.82, 2.24) is 10.2 Å². The summed E-state index contributed by atoms with van der Waals surface area (Å²) < 4.78 is 27.0. The van der Waals surface area contributed by atoms with Gasteiger partial charge in [0, 0.05) is 24.5 Å². The number of aryl methyl sites for hydroxylation is 2. The van der Waals surface area contributed by atoms with Gasteiger partial charge in [-0.1, -0.05) is 80.0 Å². The Morgan fingerprint density at radius 3 is 2.17 bits per heavy atom. The summed E-state index contributed by atoms with van der Waals surface area (Å²) in [6.07, 6.45) is 1.35. The third-order valence-corrected chi connectivity index (χ3v) is 8.03. The number of carbonyl (C=O) groups excluding carboxylic acids is 2. The Hall–Kier alpha value is -3.36. The van der Waals surface area contributed by atoms with Crippen LogP contribution < -0.4 is 9.62 Å². The van der Waals surface area contributed by atoms with Gasteiger partial charge in [0.05, 0.1) is 11.9 Å². The molecule has 0 spiro atoms. The van der Waals surface area contributed by atoms with Gasteiger partial charge in [-0.2, -0.15) is 0 Å². The van der Waals surface area contributed by atoms with Gasteiger partial charge in [0.15, 0.2) is 0 Å². The van der Waals surface area contributed by atoms with E-state index in [1.165, 1.54) is 4.90 Å². The molecule has 0 aliphatic rings. The van der Waals surface area contributed by atoms with Crippen LogP contribution in [-0.2, 0) is 32.6 Å². The van der Waals surface area contributed by atoms with Crippen molar-refractivity contribution in [2.75, 3.05) is 23.7 Å². The minimum atomic E-state index is -3.85. The Morgan fingerprint density at radius 1 is 0.925 bits per heavy atom. The molecule has 0 aliphatic carbocycles. The molecule has 3 aromatic rings. The Kier molecular flexibility index (Phi) is 10.8. The fourth-order valence-corrected chi connectivity index (χ4v) is 5.57. The summed E-state index contributed by atoms with van der Waals surface area (Å²) >= 11 is 6.11. The van der Waals surface area contributed by atoms with Crippen molar-refractivity contribution in [3.8, 4) is 0 Å². The minimum Gasteiger partial charge on any atom is -0.354 e. The summed E-state index contributed by atoms with van der Waals surface area (Å²) in [4.78, 5) is 29.3. The number of halogens is 1. The summed E-state index contributed by atoms with van der Waals surface area (Å²) in [6, 6.07) is 21.1. The molecule has 7 nitrogen and oxygen atoms in total. The first-order valence-corrected chi connectivity index (χ1v) is 15.5. The van der Waals surface area contributed by atoms with Gasteiger partial charge < -0.3 is 10.2 Å². The first kappa shape index (κ1) is 31.2. The van der Waals surface area contributed by atoms with Crippen LogP contribution in [0, 0.1) is 19.8 Å². The lowest BCUT2D eigenvalue weighted by Gasteiger charge is -2.34. The Labute approximate surface area is 243 Å². The standard InChI is InChI=1S/C31H38ClN3O4S/c1-22(2)19-33-31(37)29(18-25-12-7-6-8-13-25)34(20-26-14-10-9-11-23(26)3)30(36)21-35(40(5,38)39)28-16-15-27(32)17-24(28)4/h6-17,22,29H,18-21H2,1-5H3,(H,33,37)/t29-/m0/s1. The number of benzene rings is 3. The topological polar surface area (TPSA) is 86.8 Å². The molecule has 0 bridgehead atoms. The van der Waals surface area contributed by atoms with Gasteiger partial charge in [-0.05, 0) is 60.2 Å². The molecule has 0 unspecified atom stereocenters. The highest BCUT2D eigenvalue weighted by atomic mass is 35.5. The van der Waals surface area contributed by atoms with E-state index in [4.69, 9.17) is 11.6 Å². The van der Waals surface area contributed by atoms with Gasteiger partial charge in [0.2, 0.25) is 21.8 Å². The fraction of sp³-hybridized carbons (Fsp3) is 0.355. The second kappa shape index (κ2) is 13.8. The molecular weight excluding hydrogens is 546 g/mol. The predicted molar refractivity (Wildman–Crippen MR) is 162 cm³/mol. The monoisotopic (exact) mass is 583 g/mol. The molecular formula is C31H38ClN3O4S. The number of hydrogen-bond acceptors (Lipinski definition) is 4. The summed E-state index contributed by atoms with van der Waals surface area (Å²) in [7, 11) is -3.85. The van der Waals surface area contributed by atoms with Crippen molar-refractivity contribution in [3.05, 3.63) is 100 Å². The third kappa shape index (κ3) is 8.57. The highest BCUT2D eigenvalue weighted by Crippen LogP contribution is 2.26. The van der Waals surface area contributed by atoms with E-state index in [9.17, 15) is 18.0 Å². The number of rotatable bonds is 12. The average molecular weight is 584 g/mol. The number of hydrogen-bond donors (Lipinski definition) is 1. The van der Waals surface area contributed by atoms with Gasteiger partial charge in [-0.3, -0.25) is 13.9 Å². The van der Waals surface area contributed by atoms with Crippen LogP contribution >= 0.6 is 11.6 Å². The maximum Gasteiger partial charge on any atom is 0.244 e. The van der Waals surface area contributed by atoms with Crippen molar-refractivity contribution in [2.45, 2.75) is 46.7 Å². The maximum absolute atomic E-state index is 14.2. The Bertz CT molecular complexity index is 1430. The van der Waals surface area contributed by atoms with Crippen LogP contribution in [0.1, 0.15) is 36.1 Å². The van der Waals surface area contributed by atoms with Crippen molar-refractivity contribution < 1.29 is 18.0 Å². The molecule has 3 aromatic carbocycles. The van der Waals surface area contributed by atoms with E-state index in [-0.39, 0.29) is 24.8 Å². The number of carbonyl (C=O) groups is 2. The number of nitrogens with zero attached hydrogens (tertiary/aromatic N) is 2. The molecule has 0 saturated heterocycles. The van der Waals surface area contributed by atoms with Gasteiger partial charge in [0.25, 0.3) is 0 Å². The molecule has 0 saturated carbocycles. The molecule has 1 atom stereocenters. The lowest BCUT2D eigenvalue weighted by molar-refractivity contribution is -0.140. The molecule has 1 N–H and O–H groups in total. The summed E-state index contributed by atoms with van der Waals surface area (Å²) in [6.45, 7) is 7.83. The molecule has 3 rings (SSSR count). The fourth-order valence-electron chi connectivity index (χ4n) is 4.44. The largest absolute Gasteiger partial charge is 0.354 e. The third-order valence-electron chi connectivity index (χ3n) is 6.66. The molecule has 0 aromatic heterocycles. The number of nitrogens with one attached hydrogen (secondary N) is 1. The number of sulfonamides is 1. The maximum atomic E-state index is 14.2. The first-order valence-electron chi connectivity index (χ1n) is 13.3. The van der Waals surface area contributed by atoms with Gasteiger partial charge in [-0.15, -0.1) is 0 Å². The molecule has 0 fully saturated rings. The van der Waals surface area contributed by atoms with Crippen LogP contribution in [-0.4, -0.2) is 50.5 Å². The van der Waals surface area contributed by atoms with Crippen molar-refractivity contribution in [3.63, 3.8) is 0 Å². The lowest BCUT2D eigenvalue weighted by Crippen LogP contribution is -2.53. The van der Waals surface area contributed by atoms with Crippen LogP contribution in [0.4, 0.5) is 5.69 Å². The minimum absolute atomic E-state index is 0.148. The number of amides is 2. The first-order chi connectivity index (χ1) is 18.9. The zero-order valence-corrected chi connectivity index (χ0v) is 25.3. The van der Waals surface area contributed by atoms with Crippen molar-refractivity contribution >= 4 is 39.1 Å². The van der Waals surface area contributed by atoms with E-state index in [1.54, 1.807) is 25.1 Å². The zero-order chi connectivity index (χ0) is 29.4. The molecule has 214 valence electrons. The van der Waals surface area contributed by atoms with Crippen molar-refractivity contribution in [2.24, 2.45) is 5.92 Å². The van der Waals surface area contributed by atoms with E-state index in [2.05, 4.69) is 5.32 Å². The van der Waals surface area contributed by atoms with E-state index >= 15 is 0 Å². The molecule has 9 heteroatoms. The summed E-state index contributed by atoms with van der Waals surface area (Å²) in [5.41, 5.74) is 3.71. The van der Waals surface area contributed by atoms with Gasteiger partial charge >= 0.3 is 0 Å². The van der Waals surface area contributed by atoms with E-state index in [0.29, 0.717) is 22.8 Å². The van der Waals surface area contributed by atoms with E-state index in [1.807, 2.05) is 75.4 Å². The zero-order valence-electron chi connectivity index (χ0n) is 23.7. The molecule has 2 amide bonds. The second-order valence-electron chi connectivity index (χ2n) is 10.5. The summed E-state index contributed by atoms with van der Waals surface area (Å²) in [5, 5.41) is 3.45. The van der Waals surface area contributed by atoms with Gasteiger partial charge in [0.1, 0.15) is 12.6 Å². The van der Waals surface area contributed by atoms with Crippen LogP contribution in [0.25, 0.3) is 0 Å². The van der Waals surface area contributed by atoms with Crippen LogP contribution in [0.3, 0.4) is 0 Å². The number of anilines is 1. The SMILES string of the molecule is Cc1ccccc1CN(C(=O)CN(c1ccc(Cl)cc1C)S(C)(=O)=O)[C@@H](Cc1ccccc1)C(=O)NCC(C)C. The quantitative estimate of drug-likeness (QED) is 0.320. The normalized spacial score (nSPS) is 12.2. The average Bonchev–Trinajstić information content (AvgIpc) is 2.89. The van der Waals surface area contributed by atoms with Crippen LogP contribution in [0.2, 0.25) is 5.02 Å². The van der Waals surface area contributed by atoms with E-state index < -0.39 is 28.5 Å². The van der Waals surface area contributed by atoms with Gasteiger partial charge in [-0.25, -0.2) is 8.42 Å². The van der Waals surface area contributed by atoms with Crippen LogP contribution in [0.5, 0.6) is 0 Å². The Balaban J connectivity index is 2.08. The molecule has 0 aliphatic heterocycles. The summed E-state index contributed by atoms with van der Waals surface area (Å²) in [5.74, 6) is -0.549. The lowest BCUT2D eigenvalue weighted by atomic mass is 10.0. The van der Waals surface area contributed by atoms with E-state index in [0.717, 1.165) is 27.3 Å².